The van der Waals surface area contributed by atoms with Gasteiger partial charge in [-0.2, -0.15) is 5.10 Å². The fourth-order valence-corrected chi connectivity index (χ4v) is 3.50. The SMILES string of the molecule is CCC[C@]1(CO)CCN(C(=O)c2cc(-c3ccccn3)n[nH]2)C[C@H]1O. The summed E-state index contributed by atoms with van der Waals surface area (Å²) >= 11 is 0. The summed E-state index contributed by atoms with van der Waals surface area (Å²) in [6, 6.07) is 7.19. The number of rotatable bonds is 5. The lowest BCUT2D eigenvalue weighted by Crippen LogP contribution is -2.54. The number of carbonyl (C=O) groups is 1. The predicted octanol–water partition coefficient (Wildman–Crippen LogP) is 1.46. The minimum atomic E-state index is -0.728. The van der Waals surface area contributed by atoms with Gasteiger partial charge in [0.2, 0.25) is 0 Å². The van der Waals surface area contributed by atoms with Gasteiger partial charge in [0.05, 0.1) is 18.4 Å². The molecular weight excluding hydrogens is 320 g/mol. The van der Waals surface area contributed by atoms with Gasteiger partial charge in [-0.1, -0.05) is 19.4 Å². The highest BCUT2D eigenvalue weighted by atomic mass is 16.3. The number of aromatic nitrogens is 3. The highest BCUT2D eigenvalue weighted by molar-refractivity contribution is 5.93. The van der Waals surface area contributed by atoms with Crippen LogP contribution >= 0.6 is 0 Å². The summed E-state index contributed by atoms with van der Waals surface area (Å²) < 4.78 is 0. The maximum Gasteiger partial charge on any atom is 0.271 e. The number of hydrogen-bond donors (Lipinski definition) is 3. The molecule has 0 aliphatic carbocycles. The Morgan fingerprint density at radius 1 is 1.44 bits per heavy atom. The number of β-amino-alcohol motifs (C(OH)–C–C–N with tert-alkyl or cyclic N) is 1. The standard InChI is InChI=1S/C18H24N4O3/c1-2-6-18(12-23)7-9-22(11-16(18)24)17(25)15-10-14(20-21-15)13-5-3-4-8-19-13/h3-5,8,10,16,23-24H,2,6-7,9,11-12H2,1H3,(H,20,21)/t16-,18-/m1/s1. The Bertz CT molecular complexity index is 718. The van der Waals surface area contributed by atoms with E-state index in [9.17, 15) is 15.0 Å². The highest BCUT2D eigenvalue weighted by Crippen LogP contribution is 2.36. The third kappa shape index (κ3) is 3.43. The smallest absolute Gasteiger partial charge is 0.271 e. The normalized spacial score (nSPS) is 23.6. The Hall–Kier alpha value is -2.25. The molecule has 2 atom stereocenters. The van der Waals surface area contributed by atoms with Gasteiger partial charge in [0.15, 0.2) is 0 Å². The van der Waals surface area contributed by atoms with Crippen LogP contribution in [-0.2, 0) is 0 Å². The second-order valence-electron chi connectivity index (χ2n) is 6.67. The molecule has 25 heavy (non-hydrogen) atoms. The Balaban J connectivity index is 1.72. The van der Waals surface area contributed by atoms with Crippen molar-refractivity contribution in [1.82, 2.24) is 20.1 Å². The van der Waals surface area contributed by atoms with Crippen LogP contribution in [0.2, 0.25) is 0 Å². The number of nitrogens with one attached hydrogen (secondary N) is 1. The van der Waals surface area contributed by atoms with Gasteiger partial charge in [-0.05, 0) is 31.0 Å². The first-order valence-corrected chi connectivity index (χ1v) is 8.64. The molecule has 2 aromatic heterocycles. The van der Waals surface area contributed by atoms with E-state index >= 15 is 0 Å². The third-order valence-corrected chi connectivity index (χ3v) is 5.07. The molecule has 1 aliphatic rings. The molecule has 1 saturated heterocycles. The van der Waals surface area contributed by atoms with Gasteiger partial charge in [0.25, 0.3) is 5.91 Å². The molecular formula is C18H24N4O3. The minimum Gasteiger partial charge on any atom is -0.396 e. The average Bonchev–Trinajstić information content (AvgIpc) is 3.14. The molecule has 7 heteroatoms. The Morgan fingerprint density at radius 3 is 2.92 bits per heavy atom. The number of nitrogens with zero attached hydrogens (tertiary/aromatic N) is 3. The number of piperidine rings is 1. The molecule has 1 amide bonds. The van der Waals surface area contributed by atoms with Crippen LogP contribution in [0.3, 0.4) is 0 Å². The summed E-state index contributed by atoms with van der Waals surface area (Å²) in [5, 5.41) is 27.2. The minimum absolute atomic E-state index is 0.0576. The van der Waals surface area contributed by atoms with Crippen LogP contribution in [0.25, 0.3) is 11.4 Å². The van der Waals surface area contributed by atoms with E-state index in [2.05, 4.69) is 15.2 Å². The molecule has 7 nitrogen and oxygen atoms in total. The maximum atomic E-state index is 12.7. The lowest BCUT2D eigenvalue weighted by molar-refractivity contribution is -0.0714. The number of amides is 1. The van der Waals surface area contributed by atoms with Crippen molar-refractivity contribution in [3.63, 3.8) is 0 Å². The van der Waals surface area contributed by atoms with Crippen molar-refractivity contribution in [2.75, 3.05) is 19.7 Å². The van der Waals surface area contributed by atoms with E-state index < -0.39 is 11.5 Å². The number of aromatic amines is 1. The quantitative estimate of drug-likeness (QED) is 0.762. The summed E-state index contributed by atoms with van der Waals surface area (Å²) in [6.45, 7) is 2.70. The topological polar surface area (TPSA) is 102 Å². The Labute approximate surface area is 146 Å². The van der Waals surface area contributed by atoms with Crippen LogP contribution in [0.4, 0.5) is 0 Å². The summed E-state index contributed by atoms with van der Waals surface area (Å²) in [5.41, 5.74) is 1.18. The molecule has 3 rings (SSSR count). The van der Waals surface area contributed by atoms with E-state index in [0.29, 0.717) is 30.0 Å². The molecule has 0 unspecified atom stereocenters. The fraction of sp³-hybridized carbons (Fsp3) is 0.500. The molecule has 0 aromatic carbocycles. The molecule has 3 heterocycles. The molecule has 0 bridgehead atoms. The fourth-order valence-electron chi connectivity index (χ4n) is 3.50. The van der Waals surface area contributed by atoms with Gasteiger partial charge < -0.3 is 15.1 Å². The van der Waals surface area contributed by atoms with E-state index in [-0.39, 0.29) is 19.1 Å². The van der Waals surface area contributed by atoms with Crippen molar-refractivity contribution in [2.24, 2.45) is 5.41 Å². The van der Waals surface area contributed by atoms with Gasteiger partial charge in [0, 0.05) is 24.7 Å². The average molecular weight is 344 g/mol. The number of H-pyrrole nitrogens is 1. The van der Waals surface area contributed by atoms with Gasteiger partial charge in [0.1, 0.15) is 11.4 Å². The molecule has 3 N–H and O–H groups in total. The zero-order valence-electron chi connectivity index (χ0n) is 14.4. The molecule has 1 fully saturated rings. The van der Waals surface area contributed by atoms with Gasteiger partial charge in [-0.3, -0.25) is 14.9 Å². The zero-order chi connectivity index (χ0) is 17.9. The van der Waals surface area contributed by atoms with Crippen LogP contribution in [0.5, 0.6) is 0 Å². The molecule has 0 spiro atoms. The van der Waals surface area contributed by atoms with Crippen LogP contribution < -0.4 is 0 Å². The number of likely N-dealkylation sites (tertiary alicyclic amines) is 1. The number of aliphatic hydroxyl groups excluding tert-OH is 2. The number of pyridine rings is 1. The van der Waals surface area contributed by atoms with Crippen LogP contribution in [0.15, 0.2) is 30.5 Å². The third-order valence-electron chi connectivity index (χ3n) is 5.07. The zero-order valence-corrected chi connectivity index (χ0v) is 14.4. The molecule has 1 aliphatic heterocycles. The number of aliphatic hydroxyl groups is 2. The van der Waals surface area contributed by atoms with Gasteiger partial charge >= 0.3 is 0 Å². The van der Waals surface area contributed by atoms with E-state index in [1.807, 2.05) is 25.1 Å². The molecule has 0 saturated carbocycles. The molecule has 2 aromatic rings. The highest BCUT2D eigenvalue weighted by Gasteiger charge is 2.42. The van der Waals surface area contributed by atoms with Crippen LogP contribution in [0, 0.1) is 5.41 Å². The maximum absolute atomic E-state index is 12.7. The Morgan fingerprint density at radius 2 is 2.28 bits per heavy atom. The number of carbonyl (C=O) groups excluding carboxylic acids is 1. The van der Waals surface area contributed by atoms with Gasteiger partial charge in [-0.25, -0.2) is 0 Å². The van der Waals surface area contributed by atoms with Crippen molar-refractivity contribution < 1.29 is 15.0 Å². The second-order valence-corrected chi connectivity index (χ2v) is 6.67. The largest absolute Gasteiger partial charge is 0.396 e. The summed E-state index contributed by atoms with van der Waals surface area (Å²) in [4.78, 5) is 18.5. The van der Waals surface area contributed by atoms with E-state index in [1.165, 1.54) is 0 Å². The van der Waals surface area contributed by atoms with Crippen molar-refractivity contribution in [3.8, 4) is 11.4 Å². The first kappa shape index (κ1) is 17.6. The molecule has 0 radical (unpaired) electrons. The van der Waals surface area contributed by atoms with E-state index in [1.54, 1.807) is 17.2 Å². The van der Waals surface area contributed by atoms with E-state index in [0.717, 1.165) is 12.8 Å². The predicted molar refractivity (Wildman–Crippen MR) is 92.8 cm³/mol. The van der Waals surface area contributed by atoms with Crippen LogP contribution in [-0.4, -0.2) is 62.0 Å². The number of hydrogen-bond acceptors (Lipinski definition) is 5. The lowest BCUT2D eigenvalue weighted by Gasteiger charge is -2.44. The first-order chi connectivity index (χ1) is 12.1. The second kappa shape index (κ2) is 7.33. The Kier molecular flexibility index (Phi) is 5.15. The molecule has 134 valence electrons. The van der Waals surface area contributed by atoms with Crippen molar-refractivity contribution in [3.05, 3.63) is 36.2 Å². The van der Waals surface area contributed by atoms with Crippen molar-refractivity contribution in [1.29, 1.82) is 0 Å². The summed E-state index contributed by atoms with van der Waals surface area (Å²) in [7, 11) is 0. The van der Waals surface area contributed by atoms with Crippen LogP contribution in [0.1, 0.15) is 36.7 Å². The van der Waals surface area contributed by atoms with Crippen molar-refractivity contribution in [2.45, 2.75) is 32.3 Å². The van der Waals surface area contributed by atoms with E-state index in [4.69, 9.17) is 0 Å². The lowest BCUT2D eigenvalue weighted by atomic mass is 9.73. The monoisotopic (exact) mass is 344 g/mol. The van der Waals surface area contributed by atoms with Crippen molar-refractivity contribution >= 4 is 5.91 Å². The first-order valence-electron chi connectivity index (χ1n) is 8.64. The summed E-state index contributed by atoms with van der Waals surface area (Å²) in [5.74, 6) is -0.197. The van der Waals surface area contributed by atoms with Gasteiger partial charge in [-0.15, -0.1) is 0 Å². The summed E-state index contributed by atoms with van der Waals surface area (Å²) in [6.07, 6.45) is 3.17.